The lowest BCUT2D eigenvalue weighted by atomic mass is 10.1. The normalized spacial score (nSPS) is 13.7. The number of fused-ring (bicyclic) bond motifs is 1. The Morgan fingerprint density at radius 2 is 1.85 bits per heavy atom. The van der Waals surface area contributed by atoms with Gasteiger partial charge in [-0.1, -0.05) is 18.2 Å². The van der Waals surface area contributed by atoms with Crippen molar-refractivity contribution in [1.29, 1.82) is 0 Å². The summed E-state index contributed by atoms with van der Waals surface area (Å²) in [6, 6.07) is 8.62. The van der Waals surface area contributed by atoms with E-state index in [0.717, 1.165) is 6.07 Å². The zero-order valence-electron chi connectivity index (χ0n) is 14.1. The summed E-state index contributed by atoms with van der Waals surface area (Å²) in [6.07, 6.45) is 0.281. The van der Waals surface area contributed by atoms with Crippen LogP contribution in [0.15, 0.2) is 42.0 Å². The maximum Gasteiger partial charge on any atom is 0.338 e. The highest BCUT2D eigenvalue weighted by molar-refractivity contribution is 5.99. The molecule has 140 valence electrons. The molecule has 0 radical (unpaired) electrons. The summed E-state index contributed by atoms with van der Waals surface area (Å²) >= 11 is 0. The van der Waals surface area contributed by atoms with E-state index in [4.69, 9.17) is 9.47 Å². The van der Waals surface area contributed by atoms with Crippen LogP contribution in [0.4, 0.5) is 18.9 Å². The van der Waals surface area contributed by atoms with Gasteiger partial charge < -0.3 is 14.8 Å². The molecule has 27 heavy (non-hydrogen) atoms. The molecule has 1 N–H and O–H groups in total. The van der Waals surface area contributed by atoms with Gasteiger partial charge >= 0.3 is 5.97 Å². The molecule has 2 aromatic rings. The Morgan fingerprint density at radius 1 is 1.11 bits per heavy atom. The van der Waals surface area contributed by atoms with Crippen molar-refractivity contribution >= 4 is 23.6 Å². The largest absolute Gasteiger partial charge is 0.488 e. The molecule has 0 saturated carbocycles. The third kappa shape index (κ3) is 3.94. The van der Waals surface area contributed by atoms with E-state index in [9.17, 15) is 22.8 Å². The van der Waals surface area contributed by atoms with Crippen LogP contribution in [-0.4, -0.2) is 24.6 Å². The first-order chi connectivity index (χ1) is 12.9. The van der Waals surface area contributed by atoms with Gasteiger partial charge in [-0.2, -0.15) is 0 Å². The van der Waals surface area contributed by atoms with E-state index in [1.54, 1.807) is 30.3 Å². The zero-order chi connectivity index (χ0) is 19.6. The Morgan fingerprint density at radius 3 is 2.63 bits per heavy atom. The van der Waals surface area contributed by atoms with Crippen LogP contribution >= 0.6 is 0 Å². The molecule has 1 aliphatic rings. The minimum atomic E-state index is -1.71. The molecule has 5 nitrogen and oxygen atoms in total. The number of esters is 1. The van der Waals surface area contributed by atoms with E-state index in [0.29, 0.717) is 17.4 Å². The molecular formula is C19H14F3NO4. The Labute approximate surface area is 152 Å². The maximum atomic E-state index is 13.6. The summed E-state index contributed by atoms with van der Waals surface area (Å²) in [5, 5.41) is 2.05. The predicted octanol–water partition coefficient (Wildman–Crippen LogP) is 3.45. The smallest absolute Gasteiger partial charge is 0.338 e. The van der Waals surface area contributed by atoms with Crippen molar-refractivity contribution in [3.05, 3.63) is 65.0 Å². The highest BCUT2D eigenvalue weighted by Crippen LogP contribution is 2.26. The van der Waals surface area contributed by atoms with Gasteiger partial charge in [0.25, 0.3) is 5.91 Å². The van der Waals surface area contributed by atoms with Crippen LogP contribution in [0, 0.1) is 17.5 Å². The number of halogens is 3. The second-order valence-corrected chi connectivity index (χ2v) is 5.76. The number of carbonyl (C=O) groups excluding carboxylic acids is 2. The quantitative estimate of drug-likeness (QED) is 0.655. The van der Waals surface area contributed by atoms with Crippen LogP contribution in [0.25, 0.3) is 6.08 Å². The van der Waals surface area contributed by atoms with Gasteiger partial charge in [-0.05, 0) is 31.2 Å². The SMILES string of the molecule is C[C@H](OC(=O)C1=Cc2ccccc2OC1)C(=O)Nc1ccc(F)c(F)c1F. The number of para-hydroxylation sites is 1. The highest BCUT2D eigenvalue weighted by Gasteiger charge is 2.24. The number of anilines is 1. The van der Waals surface area contributed by atoms with E-state index < -0.39 is 41.1 Å². The van der Waals surface area contributed by atoms with Crippen molar-refractivity contribution in [3.63, 3.8) is 0 Å². The number of amides is 1. The summed E-state index contributed by atoms with van der Waals surface area (Å²) in [5.74, 6) is -5.69. The van der Waals surface area contributed by atoms with Crippen LogP contribution in [0.2, 0.25) is 0 Å². The van der Waals surface area contributed by atoms with Crippen molar-refractivity contribution in [2.45, 2.75) is 13.0 Å². The first-order valence-corrected chi connectivity index (χ1v) is 7.94. The van der Waals surface area contributed by atoms with Gasteiger partial charge in [0, 0.05) is 5.56 Å². The van der Waals surface area contributed by atoms with E-state index >= 15 is 0 Å². The average Bonchev–Trinajstić information content (AvgIpc) is 2.67. The first kappa shape index (κ1) is 18.5. The van der Waals surface area contributed by atoms with Crippen molar-refractivity contribution in [1.82, 2.24) is 0 Å². The lowest BCUT2D eigenvalue weighted by molar-refractivity contribution is -0.149. The number of rotatable bonds is 4. The molecule has 1 heterocycles. The minimum absolute atomic E-state index is 0.0258. The maximum absolute atomic E-state index is 13.6. The molecule has 0 fully saturated rings. The van der Waals surface area contributed by atoms with Gasteiger partial charge in [0.2, 0.25) is 0 Å². The van der Waals surface area contributed by atoms with Gasteiger partial charge in [0.15, 0.2) is 23.6 Å². The van der Waals surface area contributed by atoms with Gasteiger partial charge in [0.05, 0.1) is 11.3 Å². The molecule has 0 spiro atoms. The third-order valence-electron chi connectivity index (χ3n) is 3.84. The summed E-state index contributed by atoms with van der Waals surface area (Å²) < 4.78 is 50.2. The number of ether oxygens (including phenoxy) is 2. The fourth-order valence-electron chi connectivity index (χ4n) is 2.38. The molecule has 0 aromatic heterocycles. The summed E-state index contributed by atoms with van der Waals surface area (Å²) in [6.45, 7) is 1.24. The first-order valence-electron chi connectivity index (χ1n) is 7.94. The molecule has 0 bridgehead atoms. The van der Waals surface area contributed by atoms with Gasteiger partial charge in [-0.3, -0.25) is 4.79 Å². The lowest BCUT2D eigenvalue weighted by Gasteiger charge is -2.19. The van der Waals surface area contributed by atoms with Gasteiger partial charge in [-0.25, -0.2) is 18.0 Å². The third-order valence-corrected chi connectivity index (χ3v) is 3.84. The lowest BCUT2D eigenvalue weighted by Crippen LogP contribution is -2.31. The fourth-order valence-corrected chi connectivity index (χ4v) is 2.38. The number of carbonyl (C=O) groups is 2. The van der Waals surface area contributed by atoms with Crippen molar-refractivity contribution in [2.75, 3.05) is 11.9 Å². The second-order valence-electron chi connectivity index (χ2n) is 5.76. The topological polar surface area (TPSA) is 64.6 Å². The van der Waals surface area contributed by atoms with Crippen molar-refractivity contribution in [3.8, 4) is 5.75 Å². The molecule has 1 atom stereocenters. The molecule has 0 saturated heterocycles. The second kappa shape index (κ2) is 7.53. The van der Waals surface area contributed by atoms with Crippen LogP contribution < -0.4 is 10.1 Å². The molecule has 0 unspecified atom stereocenters. The zero-order valence-corrected chi connectivity index (χ0v) is 14.1. The van der Waals surface area contributed by atoms with E-state index in [2.05, 4.69) is 5.32 Å². The monoisotopic (exact) mass is 377 g/mol. The molecule has 8 heteroatoms. The van der Waals surface area contributed by atoms with Crippen LogP contribution in [0.1, 0.15) is 12.5 Å². The molecule has 0 aliphatic carbocycles. The van der Waals surface area contributed by atoms with Crippen molar-refractivity contribution in [2.24, 2.45) is 0 Å². The molecule has 2 aromatic carbocycles. The Hall–Kier alpha value is -3.29. The number of benzene rings is 2. The van der Waals surface area contributed by atoms with Gasteiger partial charge in [-0.15, -0.1) is 0 Å². The van der Waals surface area contributed by atoms with E-state index in [1.165, 1.54) is 6.92 Å². The highest BCUT2D eigenvalue weighted by atomic mass is 19.2. The minimum Gasteiger partial charge on any atom is -0.488 e. The van der Waals surface area contributed by atoms with E-state index in [-0.39, 0.29) is 12.2 Å². The summed E-state index contributed by atoms with van der Waals surface area (Å²) in [7, 11) is 0. The number of hydrogen-bond acceptors (Lipinski definition) is 4. The standard InChI is InChI=1S/C19H14F3NO4/c1-10(18(24)23-14-7-6-13(20)16(21)17(14)22)27-19(25)12-8-11-4-2-3-5-15(11)26-9-12/h2-8,10H,9H2,1H3,(H,23,24)/t10-/m0/s1. The van der Waals surface area contributed by atoms with E-state index in [1.807, 2.05) is 0 Å². The Balaban J connectivity index is 1.66. The number of hydrogen-bond donors (Lipinski definition) is 1. The van der Waals surface area contributed by atoms with Crippen LogP contribution in [0.3, 0.4) is 0 Å². The van der Waals surface area contributed by atoms with Crippen LogP contribution in [0.5, 0.6) is 5.75 Å². The summed E-state index contributed by atoms with van der Waals surface area (Å²) in [5.41, 5.74) is 0.333. The molecular weight excluding hydrogens is 363 g/mol. The number of nitrogens with one attached hydrogen (secondary N) is 1. The van der Waals surface area contributed by atoms with Crippen LogP contribution in [-0.2, 0) is 14.3 Å². The predicted molar refractivity (Wildman–Crippen MR) is 90.4 cm³/mol. The summed E-state index contributed by atoms with van der Waals surface area (Å²) in [4.78, 5) is 24.3. The molecule has 3 rings (SSSR count). The molecule has 1 amide bonds. The Kier molecular flexibility index (Phi) is 5.16. The van der Waals surface area contributed by atoms with Gasteiger partial charge in [0.1, 0.15) is 12.4 Å². The van der Waals surface area contributed by atoms with Crippen molar-refractivity contribution < 1.29 is 32.2 Å². The fraction of sp³-hybridized carbons (Fsp3) is 0.158. The molecule has 1 aliphatic heterocycles. The Bertz CT molecular complexity index is 943. The average molecular weight is 377 g/mol.